The Morgan fingerprint density at radius 2 is 2.35 bits per heavy atom. The summed E-state index contributed by atoms with van der Waals surface area (Å²) >= 11 is 0. The number of aryl methyl sites for hydroxylation is 1. The molecule has 2 N–H and O–H groups in total. The van der Waals surface area contributed by atoms with Crippen LogP contribution in [0.4, 0.5) is 0 Å². The Morgan fingerprint density at radius 3 is 3.06 bits per heavy atom. The van der Waals surface area contributed by atoms with E-state index in [0.29, 0.717) is 0 Å². The van der Waals surface area contributed by atoms with Crippen LogP contribution >= 0.6 is 0 Å². The largest absolute Gasteiger partial charge is 0.316 e. The molecule has 0 saturated heterocycles. The van der Waals surface area contributed by atoms with Crippen LogP contribution in [-0.2, 0) is 6.42 Å². The molecule has 1 aromatic rings. The van der Waals surface area contributed by atoms with Gasteiger partial charge in [-0.05, 0) is 50.1 Å². The van der Waals surface area contributed by atoms with Crippen LogP contribution in [0.15, 0.2) is 18.5 Å². The monoisotopic (exact) mass is 232 g/mol. The molecule has 2 aliphatic carbocycles. The Morgan fingerprint density at radius 1 is 1.35 bits per heavy atom. The third-order valence-corrected chi connectivity index (χ3v) is 4.05. The number of aromatic amines is 1. The topological polar surface area (TPSA) is 53.6 Å². The second-order valence-electron chi connectivity index (χ2n) is 5.28. The molecule has 4 nitrogen and oxygen atoms in total. The van der Waals surface area contributed by atoms with Gasteiger partial charge in [-0.2, -0.15) is 5.10 Å². The zero-order chi connectivity index (χ0) is 11.5. The van der Waals surface area contributed by atoms with E-state index in [-0.39, 0.29) is 0 Å². The van der Waals surface area contributed by atoms with Crippen LogP contribution in [0.5, 0.6) is 0 Å². The summed E-state index contributed by atoms with van der Waals surface area (Å²) in [6, 6.07) is 0. The molecular formula is C13H20N4. The second-order valence-corrected chi connectivity index (χ2v) is 5.28. The van der Waals surface area contributed by atoms with Gasteiger partial charge in [-0.3, -0.25) is 5.10 Å². The fraction of sp³-hybridized carbons (Fsp3) is 0.692. The normalized spacial score (nSPS) is 30.2. The fourth-order valence-electron chi connectivity index (χ4n) is 3.15. The summed E-state index contributed by atoms with van der Waals surface area (Å²) in [5, 5.41) is 10.3. The molecule has 17 heavy (non-hydrogen) atoms. The van der Waals surface area contributed by atoms with Crippen LogP contribution in [0.3, 0.4) is 0 Å². The summed E-state index contributed by atoms with van der Waals surface area (Å²) in [5.41, 5.74) is 0. The van der Waals surface area contributed by atoms with Gasteiger partial charge in [0.1, 0.15) is 12.2 Å². The quantitative estimate of drug-likeness (QED) is 0.578. The van der Waals surface area contributed by atoms with E-state index >= 15 is 0 Å². The van der Waals surface area contributed by atoms with Gasteiger partial charge in [0, 0.05) is 6.42 Å². The molecule has 92 valence electrons. The van der Waals surface area contributed by atoms with Crippen LogP contribution in [0.25, 0.3) is 0 Å². The van der Waals surface area contributed by atoms with Crippen molar-refractivity contribution in [1.82, 2.24) is 20.5 Å². The highest BCUT2D eigenvalue weighted by molar-refractivity contribution is 5.10. The summed E-state index contributed by atoms with van der Waals surface area (Å²) in [4.78, 5) is 4.12. The number of allylic oxidation sites excluding steroid dienone is 2. The molecule has 1 heterocycles. The lowest BCUT2D eigenvalue weighted by atomic mass is 9.93. The Balaban J connectivity index is 1.30. The molecule has 0 aliphatic heterocycles. The van der Waals surface area contributed by atoms with Gasteiger partial charge in [-0.25, -0.2) is 4.98 Å². The van der Waals surface area contributed by atoms with Crippen molar-refractivity contribution in [2.75, 3.05) is 13.1 Å². The zero-order valence-electron chi connectivity index (χ0n) is 10.1. The molecule has 0 radical (unpaired) electrons. The van der Waals surface area contributed by atoms with Gasteiger partial charge in [0.15, 0.2) is 0 Å². The second kappa shape index (κ2) is 5.00. The van der Waals surface area contributed by atoms with Crippen LogP contribution in [0.1, 0.15) is 25.1 Å². The molecule has 2 bridgehead atoms. The lowest BCUT2D eigenvalue weighted by Crippen LogP contribution is -2.26. The number of rotatable bonds is 6. The van der Waals surface area contributed by atoms with Crippen molar-refractivity contribution in [2.24, 2.45) is 17.8 Å². The van der Waals surface area contributed by atoms with E-state index in [4.69, 9.17) is 0 Å². The van der Waals surface area contributed by atoms with Crippen molar-refractivity contribution in [3.05, 3.63) is 24.3 Å². The van der Waals surface area contributed by atoms with Crippen LogP contribution in [0, 0.1) is 17.8 Å². The zero-order valence-corrected chi connectivity index (χ0v) is 10.1. The third-order valence-electron chi connectivity index (χ3n) is 4.05. The Labute approximate surface area is 102 Å². The molecule has 1 saturated carbocycles. The molecule has 0 aromatic carbocycles. The van der Waals surface area contributed by atoms with Gasteiger partial charge in [-0.1, -0.05) is 12.2 Å². The molecule has 3 atom stereocenters. The number of nitrogens with one attached hydrogen (secondary N) is 2. The fourth-order valence-corrected chi connectivity index (χ4v) is 3.15. The highest BCUT2D eigenvalue weighted by atomic mass is 15.2. The number of fused-ring (bicyclic) bond motifs is 2. The maximum absolute atomic E-state index is 4.12. The SMILES string of the molecule is C1=CC2CC1CC2CNCCCc1ncn[nH]1. The van der Waals surface area contributed by atoms with E-state index in [1.54, 1.807) is 6.33 Å². The first-order valence-corrected chi connectivity index (χ1v) is 6.65. The lowest BCUT2D eigenvalue weighted by Gasteiger charge is -2.18. The van der Waals surface area contributed by atoms with Crippen molar-refractivity contribution >= 4 is 0 Å². The molecule has 3 unspecified atom stereocenters. The summed E-state index contributed by atoms with van der Waals surface area (Å²) in [5.74, 6) is 3.63. The summed E-state index contributed by atoms with van der Waals surface area (Å²) in [6.45, 7) is 2.26. The Bertz CT molecular complexity index is 371. The van der Waals surface area contributed by atoms with Crippen LogP contribution in [-0.4, -0.2) is 28.3 Å². The maximum Gasteiger partial charge on any atom is 0.137 e. The first kappa shape index (κ1) is 11.0. The van der Waals surface area contributed by atoms with Crippen molar-refractivity contribution < 1.29 is 0 Å². The molecule has 4 heteroatoms. The highest BCUT2D eigenvalue weighted by Gasteiger charge is 2.34. The van der Waals surface area contributed by atoms with Gasteiger partial charge in [0.25, 0.3) is 0 Å². The predicted octanol–water partition coefficient (Wildman–Crippen LogP) is 1.54. The smallest absolute Gasteiger partial charge is 0.137 e. The average Bonchev–Trinajstić information content (AvgIpc) is 3.05. The first-order valence-electron chi connectivity index (χ1n) is 6.65. The summed E-state index contributed by atoms with van der Waals surface area (Å²) < 4.78 is 0. The molecule has 1 aromatic heterocycles. The minimum Gasteiger partial charge on any atom is -0.316 e. The van der Waals surface area contributed by atoms with Crippen molar-refractivity contribution in [3.63, 3.8) is 0 Å². The molecule has 1 fully saturated rings. The summed E-state index contributed by atoms with van der Waals surface area (Å²) in [7, 11) is 0. The van der Waals surface area contributed by atoms with Crippen molar-refractivity contribution in [2.45, 2.75) is 25.7 Å². The standard InChI is InChI=1S/C13H20N4/c1(2-13-15-9-16-17-13)5-14-8-12-7-10-3-4-11(12)6-10/h3-4,9-12,14H,1-2,5-8H2,(H,15,16,17). The minimum atomic E-state index is 0.863. The van der Waals surface area contributed by atoms with E-state index in [9.17, 15) is 0 Å². The Hall–Kier alpha value is -1.16. The highest BCUT2D eigenvalue weighted by Crippen LogP contribution is 2.42. The molecule has 0 spiro atoms. The number of nitrogens with zero attached hydrogens (tertiary/aromatic N) is 2. The Kier molecular flexibility index (Phi) is 3.22. The first-order chi connectivity index (χ1) is 8.42. The van der Waals surface area contributed by atoms with E-state index in [2.05, 4.69) is 32.7 Å². The number of hydrogen-bond donors (Lipinski definition) is 2. The molecule has 3 rings (SSSR count). The van der Waals surface area contributed by atoms with Gasteiger partial charge < -0.3 is 5.32 Å². The summed E-state index contributed by atoms with van der Waals surface area (Å²) in [6.07, 6.45) is 11.3. The van der Waals surface area contributed by atoms with E-state index < -0.39 is 0 Å². The maximum atomic E-state index is 4.12. The number of aromatic nitrogens is 3. The van der Waals surface area contributed by atoms with Gasteiger partial charge >= 0.3 is 0 Å². The van der Waals surface area contributed by atoms with E-state index in [1.807, 2.05) is 0 Å². The van der Waals surface area contributed by atoms with E-state index in [1.165, 1.54) is 19.4 Å². The van der Waals surface area contributed by atoms with Crippen LogP contribution in [0.2, 0.25) is 0 Å². The van der Waals surface area contributed by atoms with E-state index in [0.717, 1.165) is 43.0 Å². The van der Waals surface area contributed by atoms with Crippen molar-refractivity contribution in [1.29, 1.82) is 0 Å². The lowest BCUT2D eigenvalue weighted by molar-refractivity contribution is 0.413. The van der Waals surface area contributed by atoms with Gasteiger partial charge in [0.2, 0.25) is 0 Å². The van der Waals surface area contributed by atoms with Gasteiger partial charge in [0.05, 0.1) is 0 Å². The third kappa shape index (κ3) is 2.57. The molecular weight excluding hydrogens is 212 g/mol. The van der Waals surface area contributed by atoms with Crippen molar-refractivity contribution in [3.8, 4) is 0 Å². The molecule has 2 aliphatic rings. The number of hydrogen-bond acceptors (Lipinski definition) is 3. The van der Waals surface area contributed by atoms with Crippen LogP contribution < -0.4 is 5.32 Å². The minimum absolute atomic E-state index is 0.863. The predicted molar refractivity (Wildman–Crippen MR) is 66.4 cm³/mol. The van der Waals surface area contributed by atoms with Gasteiger partial charge in [-0.15, -0.1) is 0 Å². The number of H-pyrrole nitrogens is 1. The molecule has 0 amide bonds. The average molecular weight is 232 g/mol.